The van der Waals surface area contributed by atoms with E-state index >= 15 is 0 Å². The number of hydrogen-bond donors (Lipinski definition) is 2. The van der Waals surface area contributed by atoms with Crippen molar-refractivity contribution < 1.29 is 9.18 Å². The largest absolute Gasteiger partial charge is 0.343 e. The van der Waals surface area contributed by atoms with E-state index in [1.807, 2.05) is 29.0 Å². The van der Waals surface area contributed by atoms with Crippen LogP contribution in [-0.4, -0.2) is 10.5 Å². The fraction of sp³-hybridized carbons (Fsp3) is 0.0625. The van der Waals surface area contributed by atoms with Crippen LogP contribution in [0.4, 0.5) is 4.39 Å². The van der Waals surface area contributed by atoms with E-state index in [9.17, 15) is 9.18 Å². The van der Waals surface area contributed by atoms with Gasteiger partial charge < -0.3 is 4.57 Å². The van der Waals surface area contributed by atoms with Gasteiger partial charge in [-0.15, -0.1) is 0 Å². The summed E-state index contributed by atoms with van der Waals surface area (Å²) in [6.45, 7) is 0.609. The third-order valence-corrected chi connectivity index (χ3v) is 3.46. The average Bonchev–Trinajstić information content (AvgIpc) is 2.92. The fourth-order valence-corrected chi connectivity index (χ4v) is 2.37. The lowest BCUT2D eigenvalue weighted by molar-refractivity contribution is 0.0953. The first-order valence-corrected chi connectivity index (χ1v) is 6.52. The number of amides is 1. The third kappa shape index (κ3) is 2.51. The molecular weight excluding hydrogens is 269 g/mol. The smallest absolute Gasteiger partial charge is 0.265 e. The predicted octanol–water partition coefficient (Wildman–Crippen LogP) is 2.43. The zero-order valence-corrected chi connectivity index (χ0v) is 11.2. The number of nitrogens with zero attached hydrogens (tertiary/aromatic N) is 1. The number of rotatable bonds is 3. The van der Waals surface area contributed by atoms with Gasteiger partial charge in [0, 0.05) is 23.7 Å². The monoisotopic (exact) mass is 283 g/mol. The number of nitrogens with one attached hydrogen (secondary N) is 1. The second kappa shape index (κ2) is 5.38. The molecule has 3 aromatic rings. The van der Waals surface area contributed by atoms with Crippen molar-refractivity contribution in [3.05, 3.63) is 71.7 Å². The maximum absolute atomic E-state index is 13.6. The normalized spacial score (nSPS) is 10.8. The Kier molecular flexibility index (Phi) is 3.41. The van der Waals surface area contributed by atoms with Crippen LogP contribution >= 0.6 is 0 Å². The SMILES string of the molecule is NNC(=O)c1ccc(Cn2ccc3c(F)cccc32)cc1. The first kappa shape index (κ1) is 13.3. The molecule has 3 N–H and O–H groups in total. The van der Waals surface area contributed by atoms with Gasteiger partial charge in [0.25, 0.3) is 5.91 Å². The second-order valence-electron chi connectivity index (χ2n) is 4.79. The first-order chi connectivity index (χ1) is 10.2. The van der Waals surface area contributed by atoms with Crippen molar-refractivity contribution in [1.29, 1.82) is 0 Å². The molecule has 0 aliphatic carbocycles. The summed E-state index contributed by atoms with van der Waals surface area (Å²) < 4.78 is 15.6. The van der Waals surface area contributed by atoms with Crippen LogP contribution in [0.1, 0.15) is 15.9 Å². The molecule has 3 rings (SSSR count). The van der Waals surface area contributed by atoms with Gasteiger partial charge >= 0.3 is 0 Å². The Balaban J connectivity index is 1.88. The number of carbonyl (C=O) groups excluding carboxylic acids is 1. The van der Waals surface area contributed by atoms with Gasteiger partial charge in [-0.3, -0.25) is 10.2 Å². The molecule has 0 fully saturated rings. The van der Waals surface area contributed by atoms with Crippen LogP contribution in [0.25, 0.3) is 10.9 Å². The van der Waals surface area contributed by atoms with Gasteiger partial charge in [-0.05, 0) is 35.9 Å². The fourth-order valence-electron chi connectivity index (χ4n) is 2.37. The van der Waals surface area contributed by atoms with E-state index in [0.29, 0.717) is 17.5 Å². The summed E-state index contributed by atoms with van der Waals surface area (Å²) in [6, 6.07) is 13.9. The number of aromatic nitrogens is 1. The van der Waals surface area contributed by atoms with E-state index < -0.39 is 0 Å². The van der Waals surface area contributed by atoms with E-state index in [0.717, 1.165) is 11.1 Å². The van der Waals surface area contributed by atoms with Gasteiger partial charge in [0.2, 0.25) is 0 Å². The van der Waals surface area contributed by atoms with E-state index in [4.69, 9.17) is 5.84 Å². The number of fused-ring (bicyclic) bond motifs is 1. The quantitative estimate of drug-likeness (QED) is 0.440. The minimum Gasteiger partial charge on any atom is -0.343 e. The van der Waals surface area contributed by atoms with Crippen LogP contribution in [0, 0.1) is 5.82 Å². The summed E-state index contributed by atoms with van der Waals surface area (Å²) in [6.07, 6.45) is 1.86. The number of halogens is 1. The number of benzene rings is 2. The Bertz CT molecular complexity index is 793. The van der Waals surface area contributed by atoms with Crippen molar-refractivity contribution >= 4 is 16.8 Å². The van der Waals surface area contributed by atoms with E-state index in [1.54, 1.807) is 24.3 Å². The van der Waals surface area contributed by atoms with Crippen LogP contribution in [0.5, 0.6) is 0 Å². The summed E-state index contributed by atoms with van der Waals surface area (Å²) in [5, 5.41) is 0.608. The summed E-state index contributed by atoms with van der Waals surface area (Å²) in [5.74, 6) is 4.54. The van der Waals surface area contributed by atoms with Crippen molar-refractivity contribution in [1.82, 2.24) is 9.99 Å². The van der Waals surface area contributed by atoms with Crippen LogP contribution in [0.3, 0.4) is 0 Å². The summed E-state index contributed by atoms with van der Waals surface area (Å²) in [7, 11) is 0. The molecule has 1 amide bonds. The maximum Gasteiger partial charge on any atom is 0.265 e. The average molecular weight is 283 g/mol. The molecule has 5 heteroatoms. The minimum atomic E-state index is -0.324. The minimum absolute atomic E-state index is 0.221. The van der Waals surface area contributed by atoms with Crippen molar-refractivity contribution in [2.75, 3.05) is 0 Å². The molecule has 2 aromatic carbocycles. The van der Waals surface area contributed by atoms with Gasteiger partial charge in [0.15, 0.2) is 0 Å². The molecule has 1 heterocycles. The summed E-state index contributed by atoms with van der Waals surface area (Å²) >= 11 is 0. The zero-order valence-electron chi connectivity index (χ0n) is 11.2. The van der Waals surface area contributed by atoms with Crippen molar-refractivity contribution in [2.45, 2.75) is 6.54 Å². The Morgan fingerprint density at radius 3 is 2.62 bits per heavy atom. The lowest BCUT2D eigenvalue weighted by Crippen LogP contribution is -2.29. The third-order valence-electron chi connectivity index (χ3n) is 3.46. The topological polar surface area (TPSA) is 60.0 Å². The molecule has 0 aliphatic heterocycles. The molecule has 0 atom stereocenters. The molecule has 0 unspecified atom stereocenters. The molecule has 0 aliphatic rings. The first-order valence-electron chi connectivity index (χ1n) is 6.52. The summed E-state index contributed by atoms with van der Waals surface area (Å²) in [4.78, 5) is 11.4. The van der Waals surface area contributed by atoms with Gasteiger partial charge in [0.05, 0.1) is 5.52 Å². The molecule has 0 radical (unpaired) electrons. The predicted molar refractivity (Wildman–Crippen MR) is 79.1 cm³/mol. The Morgan fingerprint density at radius 2 is 1.90 bits per heavy atom. The highest BCUT2D eigenvalue weighted by Gasteiger charge is 2.06. The lowest BCUT2D eigenvalue weighted by Gasteiger charge is -2.07. The molecule has 0 saturated heterocycles. The molecule has 0 saturated carbocycles. The maximum atomic E-state index is 13.6. The van der Waals surface area contributed by atoms with Crippen molar-refractivity contribution in [2.24, 2.45) is 5.84 Å². The summed E-state index contributed by atoms with van der Waals surface area (Å²) in [5.41, 5.74) is 4.46. The number of hydrogen-bond acceptors (Lipinski definition) is 2. The van der Waals surface area contributed by atoms with Crippen LogP contribution in [0.15, 0.2) is 54.7 Å². The molecule has 4 nitrogen and oxygen atoms in total. The van der Waals surface area contributed by atoms with Crippen LogP contribution in [0.2, 0.25) is 0 Å². The highest BCUT2D eigenvalue weighted by Crippen LogP contribution is 2.20. The molecule has 1 aromatic heterocycles. The molecule has 0 spiro atoms. The number of hydrazine groups is 1. The van der Waals surface area contributed by atoms with E-state index in [1.165, 1.54) is 6.07 Å². The zero-order chi connectivity index (χ0) is 14.8. The molecule has 106 valence electrons. The van der Waals surface area contributed by atoms with E-state index in [-0.39, 0.29) is 11.7 Å². The standard InChI is InChI=1S/C16H14FN3O/c17-14-2-1-3-15-13(14)8-9-20(15)10-11-4-6-12(7-5-11)16(21)19-18/h1-9H,10,18H2,(H,19,21). The highest BCUT2D eigenvalue weighted by molar-refractivity contribution is 5.93. The van der Waals surface area contributed by atoms with E-state index in [2.05, 4.69) is 5.43 Å². The number of nitrogens with two attached hydrogens (primary N) is 1. The van der Waals surface area contributed by atoms with Crippen LogP contribution < -0.4 is 11.3 Å². The second-order valence-corrected chi connectivity index (χ2v) is 4.79. The molecule has 0 bridgehead atoms. The number of nitrogen functional groups attached to an aromatic ring is 1. The Labute approximate surface area is 121 Å². The van der Waals surface area contributed by atoms with Gasteiger partial charge in [-0.1, -0.05) is 18.2 Å². The highest BCUT2D eigenvalue weighted by atomic mass is 19.1. The Hall–Kier alpha value is -2.66. The van der Waals surface area contributed by atoms with Gasteiger partial charge in [0.1, 0.15) is 5.82 Å². The Morgan fingerprint density at radius 1 is 1.14 bits per heavy atom. The number of carbonyl (C=O) groups is 1. The lowest BCUT2D eigenvalue weighted by atomic mass is 10.1. The molecule has 21 heavy (non-hydrogen) atoms. The van der Waals surface area contributed by atoms with Gasteiger partial charge in [-0.25, -0.2) is 10.2 Å². The van der Waals surface area contributed by atoms with Crippen molar-refractivity contribution in [3.63, 3.8) is 0 Å². The van der Waals surface area contributed by atoms with Crippen molar-refractivity contribution in [3.8, 4) is 0 Å². The van der Waals surface area contributed by atoms with Gasteiger partial charge in [-0.2, -0.15) is 0 Å². The van der Waals surface area contributed by atoms with Crippen LogP contribution in [-0.2, 0) is 6.54 Å². The molecular formula is C16H14FN3O.